The summed E-state index contributed by atoms with van der Waals surface area (Å²) < 4.78 is 66.3. The maximum atomic E-state index is 16.4. The third-order valence-corrected chi connectivity index (χ3v) is 14.1. The second kappa shape index (κ2) is 19.6. The molecule has 0 radical (unpaired) electrons. The van der Waals surface area contributed by atoms with E-state index in [1.54, 1.807) is 40.4 Å². The van der Waals surface area contributed by atoms with E-state index in [1.165, 1.54) is 12.1 Å². The maximum absolute atomic E-state index is 16.4. The Morgan fingerprint density at radius 1 is 0.789 bits per heavy atom. The summed E-state index contributed by atoms with van der Waals surface area (Å²) in [4.78, 5) is 46.8. The van der Waals surface area contributed by atoms with Gasteiger partial charge in [0.1, 0.15) is 43.5 Å². The fourth-order valence-electron chi connectivity index (χ4n) is 8.84. The first-order chi connectivity index (χ1) is 34.4. The standard InChI is InChI=1S/C54H48FN7O8S/c1-35(52(64)56-42-19-20-43-41(28-42)30-47(68-32-36-12-6-3-7-13-36)51(50(43)55)61-31-48(63)58-71(61,66)67)60-26-24-39(25-27-60)40-18-21-44-46(29-40)59(2)54(65)62(44)45-22-23-49(69-33-37-14-8-4-9-15-37)57-53(45)70-34-38-16-10-5-11-17-38/h3-24,28-30,35H,25-27,31-34H2,1-2H3,(H,56,64)(H,58,63)/t35-/m0/s1. The van der Waals surface area contributed by atoms with Crippen LogP contribution < -0.4 is 34.2 Å². The van der Waals surface area contributed by atoms with E-state index in [0.29, 0.717) is 58.6 Å². The number of nitrogens with one attached hydrogen (secondary N) is 2. The van der Waals surface area contributed by atoms with Crippen LogP contribution in [0.5, 0.6) is 17.5 Å². The van der Waals surface area contributed by atoms with Gasteiger partial charge in [-0.2, -0.15) is 13.4 Å². The molecule has 1 atom stereocenters. The predicted molar refractivity (Wildman–Crippen MR) is 269 cm³/mol. The molecule has 0 unspecified atom stereocenters. The Hall–Kier alpha value is -8.28. The summed E-state index contributed by atoms with van der Waals surface area (Å²) in [6.07, 6.45) is 2.73. The van der Waals surface area contributed by atoms with Crippen LogP contribution in [0.2, 0.25) is 0 Å². The van der Waals surface area contributed by atoms with Gasteiger partial charge in [-0.3, -0.25) is 23.6 Å². The van der Waals surface area contributed by atoms with Crippen molar-refractivity contribution in [1.82, 2.24) is 23.7 Å². The van der Waals surface area contributed by atoms with Crippen LogP contribution in [0.4, 0.5) is 15.8 Å². The van der Waals surface area contributed by atoms with Crippen molar-refractivity contribution in [2.75, 3.05) is 29.3 Å². The van der Waals surface area contributed by atoms with Crippen molar-refractivity contribution in [2.45, 2.75) is 39.2 Å². The first-order valence-corrected chi connectivity index (χ1v) is 24.4. The average molecular weight is 974 g/mol. The van der Waals surface area contributed by atoms with Crippen LogP contribution in [0.25, 0.3) is 33.1 Å². The van der Waals surface area contributed by atoms with E-state index in [0.717, 1.165) is 33.3 Å². The minimum atomic E-state index is -4.36. The third-order valence-electron chi connectivity index (χ3n) is 12.7. The summed E-state index contributed by atoms with van der Waals surface area (Å²) in [6, 6.07) is 43.6. The van der Waals surface area contributed by atoms with Crippen LogP contribution in [0.15, 0.2) is 156 Å². The van der Waals surface area contributed by atoms with Crippen LogP contribution in [0, 0.1) is 5.82 Å². The van der Waals surface area contributed by atoms with Gasteiger partial charge in [0.25, 0.3) is 5.91 Å². The molecule has 0 saturated carbocycles. The summed E-state index contributed by atoms with van der Waals surface area (Å²) in [5, 5.41) is 3.38. The summed E-state index contributed by atoms with van der Waals surface area (Å²) in [5.74, 6) is -1.44. The minimum absolute atomic E-state index is 0.00207. The van der Waals surface area contributed by atoms with E-state index in [9.17, 15) is 22.8 Å². The molecule has 4 heterocycles. The normalized spacial score (nSPS) is 15.1. The Labute approximate surface area is 408 Å². The molecule has 8 aromatic rings. The van der Waals surface area contributed by atoms with E-state index in [-0.39, 0.29) is 47.5 Å². The molecular weight excluding hydrogens is 926 g/mol. The van der Waals surface area contributed by atoms with Gasteiger partial charge in [-0.25, -0.2) is 18.2 Å². The topological polar surface area (TPSA) is 166 Å². The van der Waals surface area contributed by atoms with Crippen LogP contribution in [0.3, 0.4) is 0 Å². The number of imidazole rings is 1. The molecule has 15 nitrogen and oxygen atoms in total. The van der Waals surface area contributed by atoms with E-state index in [1.807, 2.05) is 121 Å². The van der Waals surface area contributed by atoms with Crippen molar-refractivity contribution in [3.8, 4) is 23.2 Å². The molecule has 0 aliphatic carbocycles. The van der Waals surface area contributed by atoms with Gasteiger partial charge >= 0.3 is 15.9 Å². The SMILES string of the molecule is C[C@@H](C(=O)Nc1ccc2c(F)c(N3CC(=O)NS3(=O)=O)c(OCc3ccccc3)cc2c1)N1CC=C(c2ccc3c(c2)n(C)c(=O)n3-c2ccc(OCc3ccccc3)nc2OCc2ccccc2)CC1. The number of halogens is 1. The molecule has 2 amide bonds. The van der Waals surface area contributed by atoms with Crippen molar-refractivity contribution >= 4 is 60.8 Å². The molecule has 71 heavy (non-hydrogen) atoms. The lowest BCUT2D eigenvalue weighted by molar-refractivity contribution is -0.120. The molecule has 2 aliphatic heterocycles. The number of anilines is 2. The monoisotopic (exact) mass is 973 g/mol. The molecule has 0 spiro atoms. The second-order valence-corrected chi connectivity index (χ2v) is 18.9. The van der Waals surface area contributed by atoms with Gasteiger partial charge in [-0.05, 0) is 89.0 Å². The lowest BCUT2D eigenvalue weighted by Crippen LogP contribution is -2.44. The average Bonchev–Trinajstić information content (AvgIpc) is 3.81. The van der Waals surface area contributed by atoms with Gasteiger partial charge in [0.15, 0.2) is 5.82 Å². The van der Waals surface area contributed by atoms with Crippen LogP contribution in [-0.4, -0.2) is 64.9 Å². The smallest absolute Gasteiger partial charge is 0.333 e. The number of fused-ring (bicyclic) bond motifs is 2. The fraction of sp³-hybridized carbons (Fsp3) is 0.185. The highest BCUT2D eigenvalue weighted by Gasteiger charge is 2.38. The van der Waals surface area contributed by atoms with Gasteiger partial charge in [0.05, 0.1) is 17.1 Å². The Morgan fingerprint density at radius 3 is 2.08 bits per heavy atom. The lowest BCUT2D eigenvalue weighted by Gasteiger charge is -2.31. The molecule has 17 heteroatoms. The first-order valence-electron chi connectivity index (χ1n) is 23.0. The number of aromatic nitrogens is 3. The zero-order valence-electron chi connectivity index (χ0n) is 38.7. The van der Waals surface area contributed by atoms with Crippen molar-refractivity contribution in [1.29, 1.82) is 0 Å². The van der Waals surface area contributed by atoms with Crippen molar-refractivity contribution in [3.63, 3.8) is 0 Å². The van der Waals surface area contributed by atoms with Crippen LogP contribution >= 0.6 is 0 Å². The van der Waals surface area contributed by atoms with E-state index in [2.05, 4.69) is 16.3 Å². The quantitative estimate of drug-likeness (QED) is 0.103. The zero-order valence-corrected chi connectivity index (χ0v) is 39.6. The van der Waals surface area contributed by atoms with Crippen molar-refractivity contribution in [2.24, 2.45) is 7.05 Å². The second-order valence-electron chi connectivity index (χ2n) is 17.3. The number of hydrogen-bond acceptors (Lipinski definition) is 10. The fourth-order valence-corrected chi connectivity index (χ4v) is 10.0. The first kappa shape index (κ1) is 46.4. The van der Waals surface area contributed by atoms with Gasteiger partial charge < -0.3 is 19.5 Å². The number of pyridine rings is 1. The van der Waals surface area contributed by atoms with Gasteiger partial charge in [0, 0.05) is 37.3 Å². The molecule has 2 aromatic heterocycles. The summed E-state index contributed by atoms with van der Waals surface area (Å²) >= 11 is 0. The van der Waals surface area contributed by atoms with Crippen LogP contribution in [-0.2, 0) is 46.7 Å². The summed E-state index contributed by atoms with van der Waals surface area (Å²) in [5.41, 5.74) is 6.34. The highest BCUT2D eigenvalue weighted by atomic mass is 32.2. The Morgan fingerprint density at radius 2 is 1.45 bits per heavy atom. The van der Waals surface area contributed by atoms with E-state index >= 15 is 4.39 Å². The largest absolute Gasteiger partial charge is 0.487 e. The predicted octanol–water partition coefficient (Wildman–Crippen LogP) is 8.05. The number of nitrogens with zero attached hydrogens (tertiary/aromatic N) is 5. The summed E-state index contributed by atoms with van der Waals surface area (Å²) in [7, 11) is -2.63. The number of aryl methyl sites for hydroxylation is 1. The maximum Gasteiger partial charge on any atom is 0.333 e. The molecule has 360 valence electrons. The highest BCUT2D eigenvalue weighted by molar-refractivity contribution is 7.92. The van der Waals surface area contributed by atoms with Gasteiger partial charge in [-0.15, -0.1) is 0 Å². The number of benzene rings is 6. The molecule has 2 aliphatic rings. The number of hydrogen-bond donors (Lipinski definition) is 2. The van der Waals surface area contributed by atoms with Gasteiger partial charge in [-0.1, -0.05) is 103 Å². The molecule has 6 aromatic carbocycles. The number of carbonyl (C=O) groups excluding carboxylic acids is 2. The van der Waals surface area contributed by atoms with E-state index < -0.39 is 34.5 Å². The molecular formula is C54H48FN7O8S. The minimum Gasteiger partial charge on any atom is -0.487 e. The summed E-state index contributed by atoms with van der Waals surface area (Å²) in [6.45, 7) is 2.83. The number of rotatable bonds is 15. The van der Waals surface area contributed by atoms with Gasteiger partial charge in [0.2, 0.25) is 17.7 Å². The Kier molecular flexibility index (Phi) is 12.8. The molecule has 0 bridgehead atoms. The van der Waals surface area contributed by atoms with E-state index in [4.69, 9.17) is 19.2 Å². The zero-order chi connectivity index (χ0) is 49.2. The number of ether oxygens (including phenoxy) is 3. The Balaban J connectivity index is 0.855. The molecule has 1 fully saturated rings. The molecule has 10 rings (SSSR count). The molecule has 1 saturated heterocycles. The lowest BCUT2D eigenvalue weighted by atomic mass is 9.98. The Bertz CT molecular complexity index is 3530. The number of carbonyl (C=O) groups is 2. The van der Waals surface area contributed by atoms with Crippen molar-refractivity contribution < 1.29 is 36.6 Å². The molecule has 2 N–H and O–H groups in total. The third kappa shape index (κ3) is 9.69. The number of amides is 2. The van der Waals surface area contributed by atoms with Crippen LogP contribution in [0.1, 0.15) is 35.6 Å². The van der Waals surface area contributed by atoms with Crippen molar-refractivity contribution in [3.05, 3.63) is 190 Å². The highest BCUT2D eigenvalue weighted by Crippen LogP contribution is 2.40.